The van der Waals surface area contributed by atoms with Gasteiger partial charge in [-0.1, -0.05) is 0 Å². The van der Waals surface area contributed by atoms with Crippen molar-refractivity contribution in [3.8, 4) is 5.75 Å². The van der Waals surface area contributed by atoms with E-state index in [1.807, 2.05) is 0 Å². The van der Waals surface area contributed by atoms with Crippen molar-refractivity contribution >= 4 is 28.5 Å². The molecule has 0 amide bonds. The summed E-state index contributed by atoms with van der Waals surface area (Å²) >= 11 is 0. The van der Waals surface area contributed by atoms with Gasteiger partial charge in [0.25, 0.3) is 0 Å². The molecule has 1 aromatic carbocycles. The number of aromatic hydroxyl groups is 1. The Morgan fingerprint density at radius 3 is 2.67 bits per heavy atom. The Balaban J connectivity index is 2.59. The number of aromatic nitrogens is 1. The molecule has 1 aromatic heterocycles. The number of rotatable bonds is 1. The molecule has 0 saturated heterocycles. The molecule has 2 rings (SSSR count). The minimum Gasteiger partial charge on any atom is -0.506 e. The summed E-state index contributed by atoms with van der Waals surface area (Å²) in [4.78, 5) is 11.7. The highest BCUT2D eigenvalue weighted by atomic mass is 16.3. The second-order valence-corrected chi connectivity index (χ2v) is 3.51. The number of hydrogen-bond acceptors (Lipinski definition) is 3. The molecule has 0 atom stereocenters. The number of guanidine groups is 2. The summed E-state index contributed by atoms with van der Waals surface area (Å²) in [6, 6.07) is 6.59. The fourth-order valence-electron chi connectivity index (χ4n) is 1.52. The van der Waals surface area contributed by atoms with Crippen LogP contribution in [0.5, 0.6) is 5.75 Å². The highest BCUT2D eigenvalue weighted by Gasteiger charge is 2.05. The van der Waals surface area contributed by atoms with Crippen LogP contribution in [-0.4, -0.2) is 22.0 Å². The Kier molecular flexibility index (Phi) is 2.96. The standard InChI is InChI=1S/C11H12N6O/c12-10(13)17-11(14)16-7-3-4-8(18)9-6(7)2-1-5-15-9/h1-5,18H,(H6,12,13,14,16,17). The minimum atomic E-state index is -0.169. The van der Waals surface area contributed by atoms with E-state index in [0.29, 0.717) is 16.6 Å². The third-order valence-electron chi connectivity index (χ3n) is 2.20. The van der Waals surface area contributed by atoms with Gasteiger partial charge < -0.3 is 22.3 Å². The molecule has 0 aliphatic rings. The Bertz CT molecular complexity index is 645. The van der Waals surface area contributed by atoms with Crippen LogP contribution in [0, 0.1) is 0 Å². The van der Waals surface area contributed by atoms with Crippen molar-refractivity contribution in [2.24, 2.45) is 27.2 Å². The highest BCUT2D eigenvalue weighted by Crippen LogP contribution is 2.30. The van der Waals surface area contributed by atoms with Crippen molar-refractivity contribution < 1.29 is 5.11 Å². The number of aliphatic imine (C=N–C) groups is 2. The van der Waals surface area contributed by atoms with Crippen molar-refractivity contribution in [1.29, 1.82) is 0 Å². The lowest BCUT2D eigenvalue weighted by Crippen LogP contribution is -2.26. The summed E-state index contributed by atoms with van der Waals surface area (Å²) in [7, 11) is 0. The average molecular weight is 244 g/mol. The Morgan fingerprint density at radius 2 is 1.94 bits per heavy atom. The van der Waals surface area contributed by atoms with Crippen LogP contribution >= 0.6 is 0 Å². The van der Waals surface area contributed by atoms with E-state index in [2.05, 4.69) is 15.0 Å². The predicted octanol–water partition coefficient (Wildman–Crippen LogP) is 0.160. The first kappa shape index (κ1) is 11.6. The first-order chi connectivity index (χ1) is 8.58. The van der Waals surface area contributed by atoms with Gasteiger partial charge in [0.15, 0.2) is 5.96 Å². The lowest BCUT2D eigenvalue weighted by atomic mass is 10.1. The quantitative estimate of drug-likeness (QED) is 0.418. The molecule has 18 heavy (non-hydrogen) atoms. The zero-order chi connectivity index (χ0) is 13.1. The van der Waals surface area contributed by atoms with Crippen LogP contribution in [0.1, 0.15) is 0 Å². The van der Waals surface area contributed by atoms with E-state index in [9.17, 15) is 5.11 Å². The zero-order valence-corrected chi connectivity index (χ0v) is 9.41. The minimum absolute atomic E-state index is 0.0640. The summed E-state index contributed by atoms with van der Waals surface area (Å²) in [5.74, 6) is -0.159. The van der Waals surface area contributed by atoms with Crippen LogP contribution in [-0.2, 0) is 0 Å². The summed E-state index contributed by atoms with van der Waals surface area (Å²) in [5, 5.41) is 10.3. The third-order valence-corrected chi connectivity index (χ3v) is 2.20. The van der Waals surface area contributed by atoms with Crippen molar-refractivity contribution in [2.75, 3.05) is 0 Å². The predicted molar refractivity (Wildman–Crippen MR) is 70.5 cm³/mol. The molecule has 0 spiro atoms. The lowest BCUT2D eigenvalue weighted by molar-refractivity contribution is 0.480. The number of hydrogen-bond donors (Lipinski definition) is 4. The van der Waals surface area contributed by atoms with Crippen molar-refractivity contribution in [1.82, 2.24) is 4.98 Å². The molecule has 1 heterocycles. The van der Waals surface area contributed by atoms with E-state index in [1.54, 1.807) is 24.4 Å². The maximum absolute atomic E-state index is 9.67. The number of pyridine rings is 1. The number of benzene rings is 1. The number of phenolic OH excluding ortho intramolecular Hbond substituents is 1. The fraction of sp³-hybridized carbons (Fsp3) is 0. The average Bonchev–Trinajstić information content (AvgIpc) is 2.32. The summed E-state index contributed by atoms with van der Waals surface area (Å²) < 4.78 is 0. The van der Waals surface area contributed by atoms with Crippen molar-refractivity contribution in [3.05, 3.63) is 30.5 Å². The van der Waals surface area contributed by atoms with Crippen LogP contribution in [0.15, 0.2) is 40.4 Å². The van der Waals surface area contributed by atoms with Gasteiger partial charge in [-0.3, -0.25) is 4.98 Å². The van der Waals surface area contributed by atoms with Crippen LogP contribution in [0.25, 0.3) is 10.9 Å². The van der Waals surface area contributed by atoms with Gasteiger partial charge in [0.05, 0.1) is 5.69 Å². The van der Waals surface area contributed by atoms with E-state index in [-0.39, 0.29) is 17.7 Å². The Hall–Kier alpha value is -2.83. The van der Waals surface area contributed by atoms with Crippen molar-refractivity contribution in [3.63, 3.8) is 0 Å². The van der Waals surface area contributed by atoms with Crippen LogP contribution in [0.3, 0.4) is 0 Å². The van der Waals surface area contributed by atoms with Gasteiger partial charge in [0, 0.05) is 11.6 Å². The highest BCUT2D eigenvalue weighted by molar-refractivity contribution is 5.98. The molecule has 0 bridgehead atoms. The fourth-order valence-corrected chi connectivity index (χ4v) is 1.52. The number of nitrogens with two attached hydrogens (primary N) is 3. The van der Waals surface area contributed by atoms with Crippen LogP contribution < -0.4 is 17.2 Å². The molecule has 7 heteroatoms. The van der Waals surface area contributed by atoms with Gasteiger partial charge in [-0.2, -0.15) is 4.99 Å². The topological polar surface area (TPSA) is 136 Å². The smallest absolute Gasteiger partial charge is 0.223 e. The number of nitrogens with zero attached hydrogens (tertiary/aromatic N) is 3. The first-order valence-electron chi connectivity index (χ1n) is 5.08. The monoisotopic (exact) mass is 244 g/mol. The lowest BCUT2D eigenvalue weighted by Gasteiger charge is -2.03. The molecule has 0 aliphatic heterocycles. The molecule has 7 nitrogen and oxygen atoms in total. The molecule has 92 valence electrons. The van der Waals surface area contributed by atoms with Crippen molar-refractivity contribution in [2.45, 2.75) is 0 Å². The second kappa shape index (κ2) is 4.58. The largest absolute Gasteiger partial charge is 0.506 e. The third kappa shape index (κ3) is 2.29. The maximum atomic E-state index is 9.67. The molecular formula is C11H12N6O. The molecule has 0 unspecified atom stereocenters. The molecule has 0 fully saturated rings. The van der Waals surface area contributed by atoms with E-state index in [1.165, 1.54) is 6.07 Å². The Morgan fingerprint density at radius 1 is 1.17 bits per heavy atom. The molecular weight excluding hydrogens is 232 g/mol. The molecule has 0 saturated carbocycles. The van der Waals surface area contributed by atoms with Gasteiger partial charge in [0.1, 0.15) is 11.3 Å². The van der Waals surface area contributed by atoms with Gasteiger partial charge in [-0.25, -0.2) is 4.99 Å². The Labute approximate surface area is 103 Å². The molecule has 0 radical (unpaired) electrons. The number of phenols is 1. The van der Waals surface area contributed by atoms with Gasteiger partial charge in [-0.15, -0.1) is 0 Å². The molecule has 0 aliphatic carbocycles. The normalized spacial score (nSPS) is 11.4. The van der Waals surface area contributed by atoms with E-state index in [4.69, 9.17) is 17.2 Å². The van der Waals surface area contributed by atoms with Gasteiger partial charge >= 0.3 is 0 Å². The molecule has 2 aromatic rings. The maximum Gasteiger partial charge on any atom is 0.223 e. The van der Waals surface area contributed by atoms with E-state index < -0.39 is 0 Å². The number of fused-ring (bicyclic) bond motifs is 1. The SMILES string of the molecule is NC(N)=NC(N)=Nc1ccc(O)c2ncccc12. The van der Waals surface area contributed by atoms with Gasteiger partial charge in [-0.05, 0) is 24.3 Å². The summed E-state index contributed by atoms with van der Waals surface area (Å²) in [5.41, 5.74) is 16.9. The van der Waals surface area contributed by atoms with Gasteiger partial charge in [0.2, 0.25) is 5.96 Å². The van der Waals surface area contributed by atoms with E-state index >= 15 is 0 Å². The molecule has 7 N–H and O–H groups in total. The van der Waals surface area contributed by atoms with Crippen LogP contribution in [0.2, 0.25) is 0 Å². The zero-order valence-electron chi connectivity index (χ0n) is 9.41. The second-order valence-electron chi connectivity index (χ2n) is 3.51. The summed E-state index contributed by atoms with van der Waals surface area (Å²) in [6.45, 7) is 0. The van der Waals surface area contributed by atoms with E-state index in [0.717, 1.165) is 0 Å². The first-order valence-corrected chi connectivity index (χ1v) is 5.08. The summed E-state index contributed by atoms with van der Waals surface area (Å²) in [6.07, 6.45) is 1.58. The van der Waals surface area contributed by atoms with Crippen LogP contribution in [0.4, 0.5) is 5.69 Å².